The molecule has 1 nitrogen and oxygen atoms in total. The van der Waals surface area contributed by atoms with Gasteiger partial charge in [0.1, 0.15) is 5.75 Å². The highest BCUT2D eigenvalue weighted by Gasteiger charge is 2.23. The van der Waals surface area contributed by atoms with E-state index in [1.54, 1.807) is 16.0 Å². The summed E-state index contributed by atoms with van der Waals surface area (Å²) in [5.74, 6) is 1.15. The molecule has 1 aliphatic heterocycles. The fourth-order valence-electron chi connectivity index (χ4n) is 3.06. The maximum atomic E-state index is 5.76. The number of ether oxygens (including phenoxy) is 1. The van der Waals surface area contributed by atoms with E-state index in [2.05, 4.69) is 10.8 Å². The molecule has 0 spiro atoms. The van der Waals surface area contributed by atoms with Crippen LogP contribution in [0.2, 0.25) is 0 Å². The van der Waals surface area contributed by atoms with Crippen LogP contribution in [0, 0.1) is 0 Å². The molecule has 0 amide bonds. The summed E-state index contributed by atoms with van der Waals surface area (Å²) in [6.07, 6.45) is 7.67. The first-order chi connectivity index (χ1) is 8.93. The molecule has 1 aliphatic carbocycles. The molecule has 18 heavy (non-hydrogen) atoms. The molecule has 0 saturated carbocycles. The normalized spacial score (nSPS) is 18.0. The minimum atomic E-state index is 0.895. The maximum Gasteiger partial charge on any atom is 0.133 e. The van der Waals surface area contributed by atoms with Crippen molar-refractivity contribution in [2.24, 2.45) is 0 Å². The Morgan fingerprint density at radius 2 is 1.61 bits per heavy atom. The summed E-state index contributed by atoms with van der Waals surface area (Å²) in [6.45, 7) is 0.895. The Morgan fingerprint density at radius 3 is 2.61 bits per heavy atom. The van der Waals surface area contributed by atoms with E-state index in [9.17, 15) is 0 Å². The Morgan fingerprint density at radius 1 is 0.833 bits per heavy atom. The minimum absolute atomic E-state index is 0.895. The molecule has 2 aliphatic rings. The standard InChI is InChI=1S/C15H16OS2/c1-2-5-11-10(4-1)8-17-14(11)15-12-6-3-7-16-13(12)9-18-15/h8-9H,1-7H2. The Hall–Kier alpha value is -0.800. The van der Waals surface area contributed by atoms with Gasteiger partial charge < -0.3 is 4.74 Å². The van der Waals surface area contributed by atoms with E-state index in [1.165, 1.54) is 49.0 Å². The predicted octanol–water partition coefficient (Wildman–Crippen LogP) is 4.68. The topological polar surface area (TPSA) is 9.23 Å². The zero-order valence-electron chi connectivity index (χ0n) is 10.3. The largest absolute Gasteiger partial charge is 0.492 e. The lowest BCUT2D eigenvalue weighted by atomic mass is 9.93. The average molecular weight is 276 g/mol. The van der Waals surface area contributed by atoms with Crippen LogP contribution in [0.15, 0.2) is 10.8 Å². The van der Waals surface area contributed by atoms with E-state index in [0.717, 1.165) is 12.4 Å². The molecule has 0 saturated heterocycles. The fraction of sp³-hybridized carbons (Fsp3) is 0.467. The third-order valence-corrected chi connectivity index (χ3v) is 6.23. The number of hydrogen-bond donors (Lipinski definition) is 0. The lowest BCUT2D eigenvalue weighted by Crippen LogP contribution is -2.07. The van der Waals surface area contributed by atoms with Crippen LogP contribution in [0.5, 0.6) is 5.75 Å². The molecule has 2 aromatic rings. The van der Waals surface area contributed by atoms with Crippen molar-refractivity contribution >= 4 is 22.7 Å². The smallest absolute Gasteiger partial charge is 0.133 e. The van der Waals surface area contributed by atoms with Gasteiger partial charge in [0.05, 0.1) is 11.5 Å². The van der Waals surface area contributed by atoms with E-state index < -0.39 is 0 Å². The van der Waals surface area contributed by atoms with E-state index >= 15 is 0 Å². The molecule has 0 unspecified atom stereocenters. The average Bonchev–Trinajstić information content (AvgIpc) is 3.01. The molecule has 0 N–H and O–H groups in total. The highest BCUT2D eigenvalue weighted by Crippen LogP contribution is 2.45. The second-order valence-corrected chi connectivity index (χ2v) is 6.89. The Labute approximate surface area is 115 Å². The molecule has 0 aromatic carbocycles. The summed E-state index contributed by atoms with van der Waals surface area (Å²) in [5.41, 5.74) is 4.73. The van der Waals surface area contributed by atoms with Crippen molar-refractivity contribution in [1.29, 1.82) is 0 Å². The van der Waals surface area contributed by atoms with Gasteiger partial charge in [0.2, 0.25) is 0 Å². The van der Waals surface area contributed by atoms with Gasteiger partial charge >= 0.3 is 0 Å². The van der Waals surface area contributed by atoms with Crippen LogP contribution in [0.4, 0.5) is 0 Å². The molecule has 94 valence electrons. The van der Waals surface area contributed by atoms with Crippen molar-refractivity contribution in [3.05, 3.63) is 27.5 Å². The number of rotatable bonds is 1. The first-order valence-electron chi connectivity index (χ1n) is 6.76. The summed E-state index contributed by atoms with van der Waals surface area (Å²) in [7, 11) is 0. The molecule has 0 fully saturated rings. The maximum absolute atomic E-state index is 5.76. The minimum Gasteiger partial charge on any atom is -0.492 e. The summed E-state index contributed by atoms with van der Waals surface area (Å²) in [6, 6.07) is 0. The van der Waals surface area contributed by atoms with Crippen molar-refractivity contribution in [3.8, 4) is 15.5 Å². The highest BCUT2D eigenvalue weighted by atomic mass is 32.1. The number of aryl methyl sites for hydroxylation is 1. The summed E-state index contributed by atoms with van der Waals surface area (Å²) >= 11 is 3.83. The van der Waals surface area contributed by atoms with Crippen LogP contribution in [-0.4, -0.2) is 6.61 Å². The van der Waals surface area contributed by atoms with Gasteiger partial charge in [-0.05, 0) is 55.0 Å². The van der Waals surface area contributed by atoms with Crippen molar-refractivity contribution < 1.29 is 4.74 Å². The molecule has 3 heteroatoms. The summed E-state index contributed by atoms with van der Waals surface area (Å²) in [4.78, 5) is 3.04. The van der Waals surface area contributed by atoms with Crippen molar-refractivity contribution in [1.82, 2.24) is 0 Å². The lowest BCUT2D eigenvalue weighted by molar-refractivity contribution is 0.290. The van der Waals surface area contributed by atoms with E-state index in [0.29, 0.717) is 0 Å². The predicted molar refractivity (Wildman–Crippen MR) is 78.1 cm³/mol. The van der Waals surface area contributed by atoms with E-state index in [-0.39, 0.29) is 0 Å². The Kier molecular flexibility index (Phi) is 2.70. The first kappa shape index (κ1) is 11.1. The van der Waals surface area contributed by atoms with E-state index in [1.807, 2.05) is 22.7 Å². The van der Waals surface area contributed by atoms with Crippen LogP contribution < -0.4 is 4.74 Å². The van der Waals surface area contributed by atoms with Gasteiger partial charge in [0.25, 0.3) is 0 Å². The Balaban J connectivity index is 1.83. The molecule has 2 aromatic heterocycles. The van der Waals surface area contributed by atoms with Gasteiger partial charge in [-0.2, -0.15) is 0 Å². The number of fused-ring (bicyclic) bond motifs is 2. The molecule has 3 heterocycles. The summed E-state index contributed by atoms with van der Waals surface area (Å²) in [5, 5.41) is 4.60. The zero-order valence-corrected chi connectivity index (χ0v) is 12.0. The summed E-state index contributed by atoms with van der Waals surface area (Å²) < 4.78 is 5.76. The third kappa shape index (κ3) is 1.64. The van der Waals surface area contributed by atoms with Crippen LogP contribution in [0.25, 0.3) is 9.75 Å². The SMILES string of the molecule is c1sc(-c2scc3c2CCCO3)c2c1CCCC2. The van der Waals surface area contributed by atoms with Gasteiger partial charge in [-0.25, -0.2) is 0 Å². The third-order valence-electron chi connectivity index (χ3n) is 3.99. The first-order valence-corrected chi connectivity index (χ1v) is 8.52. The van der Waals surface area contributed by atoms with Crippen LogP contribution in [0.1, 0.15) is 36.0 Å². The van der Waals surface area contributed by atoms with Crippen molar-refractivity contribution in [2.75, 3.05) is 6.61 Å². The van der Waals surface area contributed by atoms with Crippen molar-refractivity contribution in [3.63, 3.8) is 0 Å². The fourth-order valence-corrected chi connectivity index (χ4v) is 5.48. The van der Waals surface area contributed by atoms with E-state index in [4.69, 9.17) is 4.74 Å². The molecule has 4 rings (SSSR count). The second-order valence-electron chi connectivity index (χ2n) is 5.14. The molecular weight excluding hydrogens is 260 g/mol. The van der Waals surface area contributed by atoms with Gasteiger partial charge in [-0.3, -0.25) is 0 Å². The van der Waals surface area contributed by atoms with Crippen LogP contribution in [0.3, 0.4) is 0 Å². The number of hydrogen-bond acceptors (Lipinski definition) is 3. The molecule has 0 bridgehead atoms. The van der Waals surface area contributed by atoms with Gasteiger partial charge in [-0.15, -0.1) is 22.7 Å². The lowest BCUT2D eigenvalue weighted by Gasteiger charge is -2.16. The van der Waals surface area contributed by atoms with Crippen LogP contribution in [-0.2, 0) is 19.3 Å². The van der Waals surface area contributed by atoms with Crippen molar-refractivity contribution in [2.45, 2.75) is 38.5 Å². The zero-order chi connectivity index (χ0) is 11.9. The molecule has 0 radical (unpaired) electrons. The highest BCUT2D eigenvalue weighted by molar-refractivity contribution is 7.21. The number of thiophene rings is 2. The van der Waals surface area contributed by atoms with Crippen LogP contribution >= 0.6 is 22.7 Å². The van der Waals surface area contributed by atoms with Gasteiger partial charge in [0.15, 0.2) is 0 Å². The monoisotopic (exact) mass is 276 g/mol. The molecular formula is C15H16OS2. The van der Waals surface area contributed by atoms with Gasteiger partial charge in [-0.1, -0.05) is 0 Å². The second kappa shape index (κ2) is 4.39. The molecule has 0 atom stereocenters. The van der Waals surface area contributed by atoms with Gasteiger partial charge in [0, 0.05) is 15.8 Å². The Bertz CT molecular complexity index is 527. The quantitative estimate of drug-likeness (QED) is 0.735.